The van der Waals surface area contributed by atoms with Gasteiger partial charge < -0.3 is 9.72 Å². The lowest BCUT2D eigenvalue weighted by Crippen LogP contribution is -2.35. The number of aromatic nitrogens is 2. The van der Waals surface area contributed by atoms with E-state index in [2.05, 4.69) is 22.0 Å². The van der Waals surface area contributed by atoms with Crippen molar-refractivity contribution in [3.63, 3.8) is 0 Å². The maximum atomic E-state index is 12.3. The predicted molar refractivity (Wildman–Crippen MR) is 92.1 cm³/mol. The summed E-state index contributed by atoms with van der Waals surface area (Å²) in [6, 6.07) is 8.16. The topological polar surface area (TPSA) is 58.2 Å². The van der Waals surface area contributed by atoms with E-state index in [1.807, 2.05) is 12.1 Å². The maximum absolute atomic E-state index is 12.3. The van der Waals surface area contributed by atoms with Gasteiger partial charge in [-0.15, -0.1) is 0 Å². The summed E-state index contributed by atoms with van der Waals surface area (Å²) in [6.45, 7) is 2.48. The third-order valence-electron chi connectivity index (χ3n) is 4.92. The molecular formula is C19H23N3O2. The lowest BCUT2D eigenvalue weighted by molar-refractivity contribution is 0.239. The van der Waals surface area contributed by atoms with E-state index in [0.717, 1.165) is 61.2 Å². The van der Waals surface area contributed by atoms with Crippen molar-refractivity contribution in [2.45, 2.75) is 38.8 Å². The number of hydrogen-bond donors (Lipinski definition) is 1. The van der Waals surface area contributed by atoms with Crippen molar-refractivity contribution in [3.8, 4) is 5.75 Å². The first-order chi connectivity index (χ1) is 11.7. The van der Waals surface area contributed by atoms with Crippen molar-refractivity contribution in [2.24, 2.45) is 5.92 Å². The summed E-state index contributed by atoms with van der Waals surface area (Å²) in [7, 11) is 1.69. The summed E-state index contributed by atoms with van der Waals surface area (Å²) in [4.78, 5) is 22.4. The van der Waals surface area contributed by atoms with E-state index in [4.69, 9.17) is 9.72 Å². The zero-order valence-electron chi connectivity index (χ0n) is 14.0. The van der Waals surface area contributed by atoms with E-state index in [0.29, 0.717) is 0 Å². The third kappa shape index (κ3) is 3.36. The molecule has 1 N–H and O–H groups in total. The van der Waals surface area contributed by atoms with Gasteiger partial charge in [0.25, 0.3) is 5.56 Å². The Kier molecular flexibility index (Phi) is 4.10. The van der Waals surface area contributed by atoms with Crippen LogP contribution in [-0.4, -0.2) is 28.5 Å². The fourth-order valence-electron chi connectivity index (χ4n) is 3.40. The summed E-state index contributed by atoms with van der Waals surface area (Å²) in [5, 5.41) is 0. The Bertz CT molecular complexity index is 795. The van der Waals surface area contributed by atoms with Crippen LogP contribution in [0.25, 0.3) is 0 Å². The molecular weight excluding hydrogens is 302 g/mol. The lowest BCUT2D eigenvalue weighted by atomic mass is 10.1. The quantitative estimate of drug-likeness (QED) is 0.916. The Morgan fingerprint density at radius 2 is 2.25 bits per heavy atom. The zero-order chi connectivity index (χ0) is 16.5. The molecule has 5 nitrogen and oxygen atoms in total. The van der Waals surface area contributed by atoms with Gasteiger partial charge in [0.1, 0.15) is 11.6 Å². The van der Waals surface area contributed by atoms with Gasteiger partial charge in [0.05, 0.1) is 12.8 Å². The smallest absolute Gasteiger partial charge is 0.254 e. The van der Waals surface area contributed by atoms with Crippen molar-refractivity contribution < 1.29 is 4.74 Å². The Labute approximate surface area is 141 Å². The molecule has 4 rings (SSSR count). The van der Waals surface area contributed by atoms with E-state index in [9.17, 15) is 4.79 Å². The van der Waals surface area contributed by atoms with Crippen LogP contribution in [0.2, 0.25) is 0 Å². The molecule has 1 saturated carbocycles. The monoisotopic (exact) mass is 325 g/mol. The molecule has 2 aromatic rings. The van der Waals surface area contributed by atoms with Crippen LogP contribution in [0, 0.1) is 5.92 Å². The van der Waals surface area contributed by atoms with E-state index in [1.54, 1.807) is 7.11 Å². The zero-order valence-corrected chi connectivity index (χ0v) is 14.0. The molecule has 2 aliphatic rings. The van der Waals surface area contributed by atoms with Crippen LogP contribution in [0.5, 0.6) is 5.75 Å². The fraction of sp³-hybridized carbons (Fsp3) is 0.474. The van der Waals surface area contributed by atoms with E-state index >= 15 is 0 Å². The number of hydrogen-bond acceptors (Lipinski definition) is 4. The molecule has 0 atom stereocenters. The highest BCUT2D eigenvalue weighted by molar-refractivity contribution is 5.29. The summed E-state index contributed by atoms with van der Waals surface area (Å²) >= 11 is 0. The highest BCUT2D eigenvalue weighted by atomic mass is 16.5. The third-order valence-corrected chi connectivity index (χ3v) is 4.92. The summed E-state index contributed by atoms with van der Waals surface area (Å²) in [5.74, 6) is 2.47. The van der Waals surface area contributed by atoms with Gasteiger partial charge in [0, 0.05) is 31.6 Å². The molecule has 2 heterocycles. The maximum Gasteiger partial charge on any atom is 0.254 e. The number of H-pyrrole nitrogens is 1. The van der Waals surface area contributed by atoms with Gasteiger partial charge in [-0.1, -0.05) is 12.1 Å². The van der Waals surface area contributed by atoms with Gasteiger partial charge in [-0.25, -0.2) is 4.98 Å². The van der Waals surface area contributed by atoms with Gasteiger partial charge in [-0.2, -0.15) is 0 Å². The Balaban J connectivity index is 1.51. The largest absolute Gasteiger partial charge is 0.497 e. The first-order valence-corrected chi connectivity index (χ1v) is 8.67. The minimum Gasteiger partial charge on any atom is -0.497 e. The summed E-state index contributed by atoms with van der Waals surface area (Å²) < 4.78 is 5.30. The van der Waals surface area contributed by atoms with Gasteiger partial charge in [0.2, 0.25) is 0 Å². The second-order valence-electron chi connectivity index (χ2n) is 6.90. The molecule has 24 heavy (non-hydrogen) atoms. The highest BCUT2D eigenvalue weighted by Crippen LogP contribution is 2.31. The molecule has 0 saturated heterocycles. The van der Waals surface area contributed by atoms with E-state index < -0.39 is 0 Å². The van der Waals surface area contributed by atoms with Crippen molar-refractivity contribution >= 4 is 0 Å². The van der Waals surface area contributed by atoms with Crippen LogP contribution in [0.1, 0.15) is 35.5 Å². The van der Waals surface area contributed by atoms with Crippen LogP contribution in [-0.2, 0) is 25.9 Å². The Morgan fingerprint density at radius 3 is 3.04 bits per heavy atom. The molecule has 0 unspecified atom stereocenters. The van der Waals surface area contributed by atoms with Gasteiger partial charge in [-0.05, 0) is 42.9 Å². The summed E-state index contributed by atoms with van der Waals surface area (Å²) in [6.07, 6.45) is 4.22. The van der Waals surface area contributed by atoms with Crippen LogP contribution >= 0.6 is 0 Å². The predicted octanol–water partition coefficient (Wildman–Crippen LogP) is 2.29. The molecule has 1 aliphatic heterocycles. The molecule has 0 spiro atoms. The van der Waals surface area contributed by atoms with E-state index in [1.165, 1.54) is 18.4 Å². The second kappa shape index (κ2) is 6.40. The normalized spacial score (nSPS) is 17.5. The van der Waals surface area contributed by atoms with Crippen molar-refractivity contribution in [3.05, 3.63) is 57.3 Å². The minimum absolute atomic E-state index is 0.0664. The van der Waals surface area contributed by atoms with Gasteiger partial charge in [0.15, 0.2) is 0 Å². The van der Waals surface area contributed by atoms with Crippen molar-refractivity contribution in [1.82, 2.24) is 14.9 Å². The number of fused-ring (bicyclic) bond motifs is 1. The molecule has 1 fully saturated rings. The average Bonchev–Trinajstić information content (AvgIpc) is 3.39. The van der Waals surface area contributed by atoms with Crippen LogP contribution < -0.4 is 10.3 Å². The first kappa shape index (κ1) is 15.4. The molecule has 126 valence electrons. The summed E-state index contributed by atoms with van der Waals surface area (Å²) in [5.41, 5.74) is 3.12. The molecule has 0 radical (unpaired) electrons. The Morgan fingerprint density at radius 1 is 1.38 bits per heavy atom. The van der Waals surface area contributed by atoms with Gasteiger partial charge >= 0.3 is 0 Å². The van der Waals surface area contributed by atoms with Crippen molar-refractivity contribution in [2.75, 3.05) is 13.7 Å². The SMILES string of the molecule is COc1cccc(CN2CCc3c(nc(CC4CC4)[nH]c3=O)C2)c1. The molecule has 1 aliphatic carbocycles. The minimum atomic E-state index is 0.0664. The average molecular weight is 325 g/mol. The molecule has 5 heteroatoms. The molecule has 0 amide bonds. The first-order valence-electron chi connectivity index (χ1n) is 8.67. The Hall–Kier alpha value is -2.14. The van der Waals surface area contributed by atoms with Crippen molar-refractivity contribution in [1.29, 1.82) is 0 Å². The number of rotatable bonds is 5. The lowest BCUT2D eigenvalue weighted by Gasteiger charge is -2.27. The standard InChI is InChI=1S/C19H23N3O2/c1-24-15-4-2-3-14(9-15)11-22-8-7-16-17(12-22)20-18(21-19(16)23)10-13-5-6-13/h2-4,9,13H,5-8,10-12H2,1H3,(H,20,21,23). The number of benzene rings is 1. The number of aromatic amines is 1. The van der Waals surface area contributed by atoms with Crippen LogP contribution in [0.15, 0.2) is 29.1 Å². The molecule has 1 aromatic heterocycles. The van der Waals surface area contributed by atoms with E-state index in [-0.39, 0.29) is 5.56 Å². The number of nitrogens with one attached hydrogen (secondary N) is 1. The van der Waals surface area contributed by atoms with Crippen LogP contribution in [0.3, 0.4) is 0 Å². The molecule has 1 aromatic carbocycles. The number of methoxy groups -OCH3 is 1. The highest BCUT2D eigenvalue weighted by Gasteiger charge is 2.25. The van der Waals surface area contributed by atoms with Crippen LogP contribution in [0.4, 0.5) is 0 Å². The van der Waals surface area contributed by atoms with Gasteiger partial charge in [-0.3, -0.25) is 9.69 Å². The fourth-order valence-corrected chi connectivity index (χ4v) is 3.40. The number of nitrogens with zero attached hydrogens (tertiary/aromatic N) is 2. The molecule has 0 bridgehead atoms. The number of ether oxygens (including phenoxy) is 1. The second-order valence-corrected chi connectivity index (χ2v) is 6.90.